The van der Waals surface area contributed by atoms with Crippen LogP contribution in [0, 0.1) is 11.8 Å². The first kappa shape index (κ1) is 69.2. The number of halogens is 1. The number of nitrogens with one attached hydrogen (secondary N) is 10. The molecule has 2 rings (SSSR count). The molecule has 1 aliphatic heterocycles. The van der Waals surface area contributed by atoms with Crippen LogP contribution in [0.25, 0.3) is 0 Å². The van der Waals surface area contributed by atoms with Crippen molar-refractivity contribution in [2.75, 3.05) is 6.54 Å². The first-order chi connectivity index (χ1) is 37.5. The van der Waals surface area contributed by atoms with Crippen LogP contribution >= 0.6 is 11.6 Å². The lowest BCUT2D eigenvalue weighted by molar-refractivity contribution is -0.138. The maximum atomic E-state index is 14.5. The van der Waals surface area contributed by atoms with Crippen molar-refractivity contribution in [2.24, 2.45) is 23.3 Å². The predicted octanol–water partition coefficient (Wildman–Crippen LogP) is -1.40. The van der Waals surface area contributed by atoms with Gasteiger partial charge in [-0.1, -0.05) is 90.8 Å². The molecular weight excluding hydrogens is 1060 g/mol. The molecule has 1 heterocycles. The summed E-state index contributed by atoms with van der Waals surface area (Å²) in [5.74, 6) is -12.7. The van der Waals surface area contributed by atoms with Crippen molar-refractivity contribution in [2.45, 2.75) is 205 Å². The Morgan fingerprint density at radius 3 is 1.39 bits per heavy atom. The second kappa shape index (κ2) is 34.9. The van der Waals surface area contributed by atoms with Crippen LogP contribution in [-0.2, 0) is 52.7 Å². The highest BCUT2D eigenvalue weighted by atomic mass is 35.5. The molecule has 0 aliphatic carbocycles. The molecule has 1 aliphatic rings. The Morgan fingerprint density at radius 2 is 0.912 bits per heavy atom. The Morgan fingerprint density at radius 1 is 0.525 bits per heavy atom. The molecule has 12 amide bonds. The SMILES string of the molecule is CCCCCCCC[C@H]1NC(=O)[C@@H](CC(C)C)NC(=O)[C@H]([C@@H](C)O)NC(=O)[C@@H](CC(C)C)NC(=O)[C@@H](CC(N)=O)NC(=O)[C@H](CC(N)=O)NC(=O)[C@H](C)NC(=O)[C@H]([C@@H](C)O)NC(=O)[C@H](CCCNC(=O)c2cccc(Cl)c2)NC1=O. The maximum Gasteiger partial charge on any atom is 0.251 e. The molecule has 0 saturated carbocycles. The van der Waals surface area contributed by atoms with Crippen LogP contribution in [0.4, 0.5) is 0 Å². The lowest BCUT2D eigenvalue weighted by atomic mass is 9.99. The third kappa shape index (κ3) is 25.0. The van der Waals surface area contributed by atoms with E-state index >= 15 is 0 Å². The molecule has 1 saturated heterocycles. The highest BCUT2D eigenvalue weighted by molar-refractivity contribution is 6.31. The van der Waals surface area contributed by atoms with Gasteiger partial charge in [0.25, 0.3) is 5.91 Å². The van der Waals surface area contributed by atoms with Gasteiger partial charge in [0, 0.05) is 17.1 Å². The number of hydrogen-bond donors (Lipinski definition) is 14. The molecule has 0 spiro atoms. The van der Waals surface area contributed by atoms with Gasteiger partial charge in [0.05, 0.1) is 25.0 Å². The molecule has 0 bridgehead atoms. The number of unbranched alkanes of at least 4 members (excludes halogenated alkanes) is 5. The quantitative estimate of drug-likeness (QED) is 0.0595. The lowest BCUT2D eigenvalue weighted by Gasteiger charge is -2.29. The van der Waals surface area contributed by atoms with Crippen LogP contribution in [0.3, 0.4) is 0 Å². The van der Waals surface area contributed by atoms with Gasteiger partial charge in [0.2, 0.25) is 65.0 Å². The molecule has 1 fully saturated rings. The molecule has 27 heteroatoms. The fraction of sp³-hybridized carbons (Fsp3) is 0.660. The Bertz CT molecular complexity index is 2320. The number of benzene rings is 1. The predicted molar refractivity (Wildman–Crippen MR) is 294 cm³/mol. The highest BCUT2D eigenvalue weighted by Crippen LogP contribution is 2.15. The van der Waals surface area contributed by atoms with Gasteiger partial charge >= 0.3 is 0 Å². The monoisotopic (exact) mass is 1150 g/mol. The molecule has 11 atom stereocenters. The fourth-order valence-electron chi connectivity index (χ4n) is 8.47. The van der Waals surface area contributed by atoms with E-state index in [9.17, 15) is 67.7 Å². The van der Waals surface area contributed by atoms with Crippen molar-refractivity contribution in [3.63, 3.8) is 0 Å². The normalized spacial score (nSPS) is 24.5. The molecule has 80 heavy (non-hydrogen) atoms. The summed E-state index contributed by atoms with van der Waals surface area (Å²) in [6, 6.07) is -8.47. The van der Waals surface area contributed by atoms with Gasteiger partial charge in [-0.25, -0.2) is 0 Å². The van der Waals surface area contributed by atoms with Crippen molar-refractivity contribution in [1.82, 2.24) is 53.2 Å². The molecule has 0 unspecified atom stereocenters. The summed E-state index contributed by atoms with van der Waals surface area (Å²) < 4.78 is 0. The molecule has 1 aromatic carbocycles. The van der Waals surface area contributed by atoms with E-state index < -0.39 is 150 Å². The first-order valence-electron chi connectivity index (χ1n) is 27.2. The second-order valence-corrected chi connectivity index (χ2v) is 21.6. The number of hydrogen-bond acceptors (Lipinski definition) is 14. The summed E-state index contributed by atoms with van der Waals surface area (Å²) in [6.07, 6.45) is -0.525. The summed E-state index contributed by atoms with van der Waals surface area (Å²) in [7, 11) is 0. The summed E-state index contributed by atoms with van der Waals surface area (Å²) in [6.45, 7) is 12.4. The summed E-state index contributed by atoms with van der Waals surface area (Å²) in [5, 5.41) is 46.9. The number of primary amides is 2. The molecule has 26 nitrogen and oxygen atoms in total. The average Bonchev–Trinajstić information content (AvgIpc) is 3.36. The van der Waals surface area contributed by atoms with Crippen molar-refractivity contribution in [3.8, 4) is 0 Å². The van der Waals surface area contributed by atoms with Crippen LogP contribution < -0.4 is 64.6 Å². The number of carbonyl (C=O) groups excluding carboxylic acids is 12. The van der Waals surface area contributed by atoms with E-state index in [0.29, 0.717) is 17.9 Å². The molecule has 448 valence electrons. The van der Waals surface area contributed by atoms with Crippen LogP contribution in [0.15, 0.2) is 24.3 Å². The molecule has 1 aromatic rings. The van der Waals surface area contributed by atoms with Crippen LogP contribution in [0.2, 0.25) is 5.02 Å². The summed E-state index contributed by atoms with van der Waals surface area (Å²) in [5.41, 5.74) is 11.1. The topological polar surface area (TPSA) is 418 Å². The number of amides is 12. The fourth-order valence-corrected chi connectivity index (χ4v) is 8.66. The molecular formula is C53H85ClN12O14. The van der Waals surface area contributed by atoms with Gasteiger partial charge in [0.15, 0.2) is 0 Å². The Labute approximate surface area is 472 Å². The minimum absolute atomic E-state index is 0.0167. The number of aliphatic hydroxyl groups excluding tert-OH is 2. The van der Waals surface area contributed by atoms with Crippen LogP contribution in [0.1, 0.15) is 149 Å². The number of aliphatic hydroxyl groups is 2. The molecule has 16 N–H and O–H groups in total. The number of nitrogens with two attached hydrogens (primary N) is 2. The van der Waals surface area contributed by atoms with Gasteiger partial charge in [-0.15, -0.1) is 0 Å². The Balaban J connectivity index is 2.81. The Kier molecular flexibility index (Phi) is 30.2. The summed E-state index contributed by atoms with van der Waals surface area (Å²) >= 11 is 6.07. The number of rotatable bonds is 22. The highest BCUT2D eigenvalue weighted by Gasteiger charge is 2.38. The van der Waals surface area contributed by atoms with Crippen molar-refractivity contribution >= 4 is 82.5 Å². The summed E-state index contributed by atoms with van der Waals surface area (Å²) in [4.78, 5) is 164. The van der Waals surface area contributed by atoms with Crippen molar-refractivity contribution in [3.05, 3.63) is 34.9 Å². The zero-order chi connectivity index (χ0) is 60.4. The molecule has 0 aromatic heterocycles. The van der Waals surface area contributed by atoms with Crippen LogP contribution in [-0.4, -0.2) is 154 Å². The maximum absolute atomic E-state index is 14.5. The van der Waals surface area contributed by atoms with Gasteiger partial charge in [-0.2, -0.15) is 0 Å². The zero-order valence-corrected chi connectivity index (χ0v) is 47.8. The average molecular weight is 1150 g/mol. The van der Waals surface area contributed by atoms with E-state index in [2.05, 4.69) is 60.1 Å². The third-order valence-corrected chi connectivity index (χ3v) is 13.0. The Hall–Kier alpha value is -6.93. The zero-order valence-electron chi connectivity index (χ0n) is 47.0. The van der Waals surface area contributed by atoms with E-state index in [-0.39, 0.29) is 56.0 Å². The van der Waals surface area contributed by atoms with E-state index in [0.717, 1.165) is 39.5 Å². The van der Waals surface area contributed by atoms with E-state index in [4.69, 9.17) is 23.1 Å². The third-order valence-electron chi connectivity index (χ3n) is 12.8. The second-order valence-electron chi connectivity index (χ2n) is 21.1. The van der Waals surface area contributed by atoms with E-state index in [1.165, 1.54) is 19.1 Å². The van der Waals surface area contributed by atoms with Gasteiger partial charge < -0.3 is 74.8 Å². The van der Waals surface area contributed by atoms with Crippen molar-refractivity contribution < 1.29 is 67.7 Å². The number of carbonyl (C=O) groups is 12. The van der Waals surface area contributed by atoms with Gasteiger partial charge in [-0.3, -0.25) is 57.5 Å². The van der Waals surface area contributed by atoms with E-state index in [1.807, 2.05) is 0 Å². The standard InChI is InChI=1S/C53H85ClN12O14/c1-9-10-11-12-13-14-19-34-46(73)59-35(20-16-21-57-45(72)32-17-15-18-33(54)24-32)47(74)65-42(30(7)67)52(79)58-29(6)44(71)61-38(25-40(55)69)49(76)63-39(26-41(56)70)50(77)62-37(23-28(4)5)51(78)66-43(31(8)68)53(80)64-36(22-27(2)3)48(75)60-34/h15,17-18,24,27-31,34-39,42-43,67-68H,9-14,16,19-23,25-26H2,1-8H3,(H2,55,69)(H2,56,70)(H,57,72)(H,58,79)(H,59,73)(H,60,75)(H,61,71)(H,62,77)(H,63,76)(H,64,80)(H,65,74)(H,66,78)/t29-,30+,31+,34+,35-,36+,37+,38-,39+,42-,43-/m0/s1. The smallest absolute Gasteiger partial charge is 0.251 e. The first-order valence-corrected chi connectivity index (χ1v) is 27.6. The largest absolute Gasteiger partial charge is 0.391 e. The minimum atomic E-state index is -1.86. The lowest BCUT2D eigenvalue weighted by Crippen LogP contribution is -2.62. The van der Waals surface area contributed by atoms with Crippen molar-refractivity contribution in [1.29, 1.82) is 0 Å². The van der Waals surface area contributed by atoms with Gasteiger partial charge in [-0.05, 0) is 82.9 Å². The van der Waals surface area contributed by atoms with Crippen LogP contribution in [0.5, 0.6) is 0 Å². The molecule has 0 radical (unpaired) electrons. The van der Waals surface area contributed by atoms with E-state index in [1.54, 1.807) is 39.8 Å². The van der Waals surface area contributed by atoms with Gasteiger partial charge in [0.1, 0.15) is 54.4 Å². The minimum Gasteiger partial charge on any atom is -0.391 e.